The highest BCUT2D eigenvalue weighted by Gasteiger charge is 2.10. The number of carbonyl (C=O) groups excluding carboxylic acids is 1. The van der Waals surface area contributed by atoms with Gasteiger partial charge in [0.15, 0.2) is 18.1 Å². The quantitative estimate of drug-likeness (QED) is 0.580. The van der Waals surface area contributed by atoms with Gasteiger partial charge >= 0.3 is 5.63 Å². The zero-order valence-corrected chi connectivity index (χ0v) is 16.6. The molecule has 0 aliphatic heterocycles. The van der Waals surface area contributed by atoms with Crippen LogP contribution in [0.3, 0.4) is 0 Å². The van der Waals surface area contributed by atoms with Gasteiger partial charge in [0, 0.05) is 29.3 Å². The van der Waals surface area contributed by atoms with Crippen LogP contribution in [0.2, 0.25) is 0 Å². The van der Waals surface area contributed by atoms with E-state index in [0.29, 0.717) is 41.7 Å². The van der Waals surface area contributed by atoms with Crippen molar-refractivity contribution < 1.29 is 23.4 Å². The van der Waals surface area contributed by atoms with Crippen molar-refractivity contribution in [2.75, 3.05) is 25.1 Å². The van der Waals surface area contributed by atoms with Crippen LogP contribution in [-0.2, 0) is 4.79 Å². The van der Waals surface area contributed by atoms with Crippen LogP contribution >= 0.6 is 0 Å². The lowest BCUT2D eigenvalue weighted by Gasteiger charge is -2.13. The second-order valence-corrected chi connectivity index (χ2v) is 6.27. The lowest BCUT2D eigenvalue weighted by molar-refractivity contribution is -0.118. The zero-order valence-electron chi connectivity index (χ0n) is 16.6. The molecular formula is C22H23NO6. The molecule has 0 spiro atoms. The van der Waals surface area contributed by atoms with Crippen LogP contribution in [-0.4, -0.2) is 25.7 Å². The molecule has 0 saturated carbocycles. The predicted octanol–water partition coefficient (Wildman–Crippen LogP) is 3.92. The Morgan fingerprint density at radius 3 is 2.48 bits per heavy atom. The Hall–Kier alpha value is -3.48. The summed E-state index contributed by atoms with van der Waals surface area (Å²) in [7, 11) is 0. The molecule has 1 N–H and O–H groups in total. The standard InChI is InChI=1S/C22H23NO6/c1-4-26-18-9-6-15(11-20(18)27-5-2)23-21(24)13-28-16-7-8-17-14(3)10-22(25)29-19(17)12-16/h6-12H,4-5,13H2,1-3H3,(H,23,24). The van der Waals surface area contributed by atoms with Gasteiger partial charge in [-0.2, -0.15) is 0 Å². The first-order valence-electron chi connectivity index (χ1n) is 9.37. The smallest absolute Gasteiger partial charge is 0.336 e. The van der Waals surface area contributed by atoms with Crippen LogP contribution in [0.1, 0.15) is 19.4 Å². The molecule has 3 rings (SSSR count). The predicted molar refractivity (Wildman–Crippen MR) is 110 cm³/mol. The molecule has 152 valence electrons. The second-order valence-electron chi connectivity index (χ2n) is 6.27. The molecule has 0 atom stereocenters. The van der Waals surface area contributed by atoms with Crippen molar-refractivity contribution in [2.45, 2.75) is 20.8 Å². The molecule has 0 aliphatic rings. The lowest BCUT2D eigenvalue weighted by Crippen LogP contribution is -2.20. The van der Waals surface area contributed by atoms with E-state index in [1.807, 2.05) is 20.8 Å². The van der Waals surface area contributed by atoms with Gasteiger partial charge in [0.05, 0.1) is 13.2 Å². The highest BCUT2D eigenvalue weighted by atomic mass is 16.5. The number of amides is 1. The fourth-order valence-corrected chi connectivity index (χ4v) is 2.87. The maximum Gasteiger partial charge on any atom is 0.336 e. The van der Waals surface area contributed by atoms with E-state index in [4.69, 9.17) is 18.6 Å². The van der Waals surface area contributed by atoms with Gasteiger partial charge in [-0.1, -0.05) is 0 Å². The van der Waals surface area contributed by atoms with E-state index in [0.717, 1.165) is 10.9 Å². The second kappa shape index (κ2) is 9.14. The Morgan fingerprint density at radius 2 is 1.72 bits per heavy atom. The number of hydrogen-bond donors (Lipinski definition) is 1. The first-order chi connectivity index (χ1) is 14.0. The van der Waals surface area contributed by atoms with Crippen LogP contribution in [0.5, 0.6) is 17.2 Å². The van der Waals surface area contributed by atoms with Gasteiger partial charge in [-0.05, 0) is 50.6 Å². The largest absolute Gasteiger partial charge is 0.490 e. The number of benzene rings is 2. The van der Waals surface area contributed by atoms with E-state index in [-0.39, 0.29) is 12.5 Å². The maximum atomic E-state index is 12.3. The molecule has 0 bridgehead atoms. The summed E-state index contributed by atoms with van der Waals surface area (Å²) >= 11 is 0. The highest BCUT2D eigenvalue weighted by molar-refractivity contribution is 5.92. The Morgan fingerprint density at radius 1 is 0.966 bits per heavy atom. The van der Waals surface area contributed by atoms with Gasteiger partial charge < -0.3 is 23.9 Å². The minimum atomic E-state index is -0.425. The number of ether oxygens (including phenoxy) is 3. The molecule has 0 aliphatic carbocycles. The number of carbonyl (C=O) groups is 1. The summed E-state index contributed by atoms with van der Waals surface area (Å²) in [6, 6.07) is 11.7. The summed E-state index contributed by atoms with van der Waals surface area (Å²) in [5.41, 5.74) is 1.39. The average molecular weight is 397 g/mol. The van der Waals surface area contributed by atoms with Crippen molar-refractivity contribution in [1.29, 1.82) is 0 Å². The van der Waals surface area contributed by atoms with Crippen molar-refractivity contribution in [3.63, 3.8) is 0 Å². The van der Waals surface area contributed by atoms with Crippen molar-refractivity contribution in [1.82, 2.24) is 0 Å². The van der Waals surface area contributed by atoms with Crippen LogP contribution in [0, 0.1) is 6.92 Å². The van der Waals surface area contributed by atoms with Crippen LogP contribution < -0.4 is 25.2 Å². The molecule has 3 aromatic rings. The van der Waals surface area contributed by atoms with Gasteiger partial charge in [0.2, 0.25) is 0 Å². The SMILES string of the molecule is CCOc1ccc(NC(=O)COc2ccc3c(C)cc(=O)oc3c2)cc1OCC. The molecule has 7 nitrogen and oxygen atoms in total. The molecule has 0 saturated heterocycles. The number of aryl methyl sites for hydroxylation is 1. The third-order valence-corrected chi connectivity index (χ3v) is 4.12. The molecular weight excluding hydrogens is 374 g/mol. The van der Waals surface area contributed by atoms with Gasteiger partial charge in [-0.25, -0.2) is 4.79 Å². The summed E-state index contributed by atoms with van der Waals surface area (Å²) in [5.74, 6) is 1.29. The third-order valence-electron chi connectivity index (χ3n) is 4.12. The molecule has 0 radical (unpaired) electrons. The topological polar surface area (TPSA) is 87.0 Å². The molecule has 0 unspecified atom stereocenters. The Labute approximate surface area is 168 Å². The Bertz CT molecular complexity index is 1070. The molecule has 29 heavy (non-hydrogen) atoms. The van der Waals surface area contributed by atoms with Crippen molar-refractivity contribution in [3.8, 4) is 17.2 Å². The highest BCUT2D eigenvalue weighted by Crippen LogP contribution is 2.30. The summed E-state index contributed by atoms with van der Waals surface area (Å²) in [6.07, 6.45) is 0. The fourth-order valence-electron chi connectivity index (χ4n) is 2.87. The van der Waals surface area contributed by atoms with Crippen LogP contribution in [0.25, 0.3) is 11.0 Å². The van der Waals surface area contributed by atoms with E-state index in [1.165, 1.54) is 6.07 Å². The van der Waals surface area contributed by atoms with E-state index in [1.54, 1.807) is 36.4 Å². The molecule has 1 aromatic heterocycles. The summed E-state index contributed by atoms with van der Waals surface area (Å²) < 4.78 is 21.8. The maximum absolute atomic E-state index is 12.3. The van der Waals surface area contributed by atoms with Crippen molar-refractivity contribution >= 4 is 22.6 Å². The first-order valence-corrected chi connectivity index (χ1v) is 9.37. The van der Waals surface area contributed by atoms with Gasteiger partial charge in [0.25, 0.3) is 5.91 Å². The normalized spacial score (nSPS) is 10.6. The first kappa shape index (κ1) is 20.3. The molecule has 1 amide bonds. The average Bonchev–Trinajstić information content (AvgIpc) is 2.68. The van der Waals surface area contributed by atoms with E-state index in [2.05, 4.69) is 5.32 Å². The minimum absolute atomic E-state index is 0.196. The van der Waals surface area contributed by atoms with E-state index in [9.17, 15) is 9.59 Å². The number of rotatable bonds is 8. The molecule has 2 aromatic carbocycles. The van der Waals surface area contributed by atoms with Crippen LogP contribution in [0.4, 0.5) is 5.69 Å². The van der Waals surface area contributed by atoms with Gasteiger partial charge in [0.1, 0.15) is 11.3 Å². The molecule has 7 heteroatoms. The number of fused-ring (bicyclic) bond motifs is 1. The summed E-state index contributed by atoms with van der Waals surface area (Å²) in [6.45, 7) is 6.41. The van der Waals surface area contributed by atoms with Gasteiger partial charge in [-0.3, -0.25) is 4.79 Å². The number of hydrogen-bond acceptors (Lipinski definition) is 6. The summed E-state index contributed by atoms with van der Waals surface area (Å²) in [4.78, 5) is 23.8. The number of anilines is 1. The number of nitrogens with one attached hydrogen (secondary N) is 1. The Kier molecular flexibility index (Phi) is 6.39. The lowest BCUT2D eigenvalue weighted by atomic mass is 10.1. The van der Waals surface area contributed by atoms with Gasteiger partial charge in [-0.15, -0.1) is 0 Å². The molecule has 0 fully saturated rings. The van der Waals surface area contributed by atoms with Crippen LogP contribution in [0.15, 0.2) is 51.7 Å². The fraction of sp³-hybridized carbons (Fsp3) is 0.273. The van der Waals surface area contributed by atoms with Crippen molar-refractivity contribution in [3.05, 3.63) is 58.4 Å². The van der Waals surface area contributed by atoms with E-state index < -0.39 is 5.63 Å². The molecule has 1 heterocycles. The Balaban J connectivity index is 1.66. The zero-order chi connectivity index (χ0) is 20.8. The summed E-state index contributed by atoms with van der Waals surface area (Å²) in [5, 5.41) is 3.58. The van der Waals surface area contributed by atoms with Crippen molar-refractivity contribution in [2.24, 2.45) is 0 Å². The van der Waals surface area contributed by atoms with E-state index >= 15 is 0 Å². The third kappa shape index (κ3) is 5.07. The minimum Gasteiger partial charge on any atom is -0.490 e. The monoisotopic (exact) mass is 397 g/mol.